The largest absolute Gasteiger partial charge is 0.493 e. The van der Waals surface area contributed by atoms with E-state index in [4.69, 9.17) is 9.47 Å². The Bertz CT molecular complexity index is 749. The van der Waals surface area contributed by atoms with Crippen molar-refractivity contribution in [1.29, 1.82) is 0 Å². The van der Waals surface area contributed by atoms with Gasteiger partial charge in [0.1, 0.15) is 6.10 Å². The van der Waals surface area contributed by atoms with Crippen molar-refractivity contribution in [3.63, 3.8) is 0 Å². The second-order valence-corrected chi connectivity index (χ2v) is 7.92. The third-order valence-electron chi connectivity index (χ3n) is 7.11. The second kappa shape index (κ2) is 5.00. The summed E-state index contributed by atoms with van der Waals surface area (Å²) in [6.07, 6.45) is 3.69. The molecule has 25 heavy (non-hydrogen) atoms. The molecule has 5 heteroatoms. The minimum atomic E-state index is -0.886. The van der Waals surface area contributed by atoms with Crippen LogP contribution in [0, 0.1) is 0 Å². The molecule has 2 fully saturated rings. The summed E-state index contributed by atoms with van der Waals surface area (Å²) in [6, 6.07) is 4.09. The zero-order valence-electron chi connectivity index (χ0n) is 14.6. The van der Waals surface area contributed by atoms with Crippen molar-refractivity contribution in [2.24, 2.45) is 0 Å². The van der Waals surface area contributed by atoms with Gasteiger partial charge in [0, 0.05) is 18.2 Å². The molecule has 5 atom stereocenters. The van der Waals surface area contributed by atoms with Crippen molar-refractivity contribution in [3.8, 4) is 11.5 Å². The molecule has 2 N–H and O–H groups in total. The normalized spacial score (nSPS) is 41.0. The van der Waals surface area contributed by atoms with E-state index < -0.39 is 23.2 Å². The molecule has 2 aliphatic heterocycles. The SMILES string of the molecule is C=CCN1CC[C@]23c4c5ccc(OC)c4O[C@H]2[C@H](O)CC[C@@]3(O)[C@H]1C5. The molecule has 1 saturated heterocycles. The van der Waals surface area contributed by atoms with Gasteiger partial charge < -0.3 is 19.7 Å². The number of ether oxygens (including phenoxy) is 2. The minimum Gasteiger partial charge on any atom is -0.493 e. The molecule has 134 valence electrons. The van der Waals surface area contributed by atoms with Crippen LogP contribution in [0.25, 0.3) is 0 Å². The molecule has 1 spiro atoms. The third kappa shape index (κ3) is 1.65. The molecule has 0 radical (unpaired) electrons. The summed E-state index contributed by atoms with van der Waals surface area (Å²) in [5, 5.41) is 22.7. The molecule has 2 aliphatic carbocycles. The second-order valence-electron chi connectivity index (χ2n) is 7.92. The first-order valence-corrected chi connectivity index (χ1v) is 9.19. The van der Waals surface area contributed by atoms with Crippen molar-refractivity contribution >= 4 is 0 Å². The summed E-state index contributed by atoms with van der Waals surface area (Å²) < 4.78 is 11.8. The molecule has 4 aliphatic rings. The maximum absolute atomic E-state index is 12.0. The van der Waals surface area contributed by atoms with Crippen LogP contribution in [0.4, 0.5) is 0 Å². The van der Waals surface area contributed by atoms with Crippen molar-refractivity contribution in [2.75, 3.05) is 20.2 Å². The summed E-state index contributed by atoms with van der Waals surface area (Å²) in [6.45, 7) is 5.54. The summed E-state index contributed by atoms with van der Waals surface area (Å²) in [5.41, 5.74) is 0.885. The Morgan fingerprint density at radius 2 is 2.28 bits per heavy atom. The number of aliphatic hydroxyl groups is 2. The molecule has 1 saturated carbocycles. The van der Waals surface area contributed by atoms with Crippen LogP contribution >= 0.6 is 0 Å². The first-order valence-electron chi connectivity index (χ1n) is 9.19. The molecule has 1 aromatic carbocycles. The average Bonchev–Trinajstić information content (AvgIpc) is 2.96. The van der Waals surface area contributed by atoms with Crippen LogP contribution in [0.2, 0.25) is 0 Å². The van der Waals surface area contributed by atoms with E-state index in [1.165, 1.54) is 5.56 Å². The number of benzene rings is 1. The fraction of sp³-hybridized carbons (Fsp3) is 0.600. The molecule has 0 amide bonds. The van der Waals surface area contributed by atoms with Gasteiger partial charge in [-0.05, 0) is 43.9 Å². The van der Waals surface area contributed by atoms with Gasteiger partial charge in [-0.15, -0.1) is 6.58 Å². The molecule has 1 aromatic rings. The first kappa shape index (κ1) is 15.7. The number of hydrogen-bond acceptors (Lipinski definition) is 5. The molecule has 0 aromatic heterocycles. The molecule has 2 bridgehead atoms. The predicted molar refractivity (Wildman–Crippen MR) is 93.2 cm³/mol. The number of hydrogen-bond donors (Lipinski definition) is 2. The number of nitrogens with zero attached hydrogens (tertiary/aromatic N) is 1. The number of piperidine rings is 1. The van der Waals surface area contributed by atoms with Crippen LogP contribution in [-0.4, -0.2) is 59.2 Å². The Labute approximate surface area is 147 Å². The van der Waals surface area contributed by atoms with E-state index in [2.05, 4.69) is 17.5 Å². The quantitative estimate of drug-likeness (QED) is 0.813. The van der Waals surface area contributed by atoms with Gasteiger partial charge in [-0.2, -0.15) is 0 Å². The molecule has 5 nitrogen and oxygen atoms in total. The Balaban J connectivity index is 1.77. The topological polar surface area (TPSA) is 62.2 Å². The van der Waals surface area contributed by atoms with Gasteiger partial charge >= 0.3 is 0 Å². The van der Waals surface area contributed by atoms with Gasteiger partial charge in [0.05, 0.1) is 24.2 Å². The number of aliphatic hydroxyl groups excluding tert-OH is 1. The Morgan fingerprint density at radius 3 is 3.04 bits per heavy atom. The van der Waals surface area contributed by atoms with E-state index in [-0.39, 0.29) is 6.04 Å². The van der Waals surface area contributed by atoms with Crippen LogP contribution in [0.5, 0.6) is 11.5 Å². The highest BCUT2D eigenvalue weighted by atomic mass is 16.5. The van der Waals surface area contributed by atoms with Crippen LogP contribution in [0.3, 0.4) is 0 Å². The van der Waals surface area contributed by atoms with Gasteiger partial charge in [-0.3, -0.25) is 4.90 Å². The van der Waals surface area contributed by atoms with Crippen LogP contribution in [0.15, 0.2) is 24.8 Å². The van der Waals surface area contributed by atoms with Crippen molar-refractivity contribution in [2.45, 2.75) is 54.9 Å². The van der Waals surface area contributed by atoms with Crippen molar-refractivity contribution < 1.29 is 19.7 Å². The van der Waals surface area contributed by atoms with Gasteiger partial charge in [0.2, 0.25) is 0 Å². The van der Waals surface area contributed by atoms with E-state index in [0.29, 0.717) is 18.6 Å². The predicted octanol–water partition coefficient (Wildman–Crippen LogP) is 1.40. The zero-order valence-corrected chi connectivity index (χ0v) is 14.6. The Morgan fingerprint density at radius 1 is 1.44 bits per heavy atom. The summed E-state index contributed by atoms with van der Waals surface area (Å²) in [4.78, 5) is 2.35. The standard InChI is InChI=1S/C20H25NO4/c1-3-9-21-10-8-19-16-12-4-5-14(24-2)17(16)25-18(19)13(22)6-7-20(19,23)15(21)11-12/h3-5,13,15,18,22-23H,1,6-11H2,2H3/t13-,15-,18+,19+,20-/m1/s1. The van der Waals surface area contributed by atoms with Gasteiger partial charge in [0.25, 0.3) is 0 Å². The van der Waals surface area contributed by atoms with Crippen LogP contribution < -0.4 is 9.47 Å². The van der Waals surface area contributed by atoms with Crippen molar-refractivity contribution in [3.05, 3.63) is 35.9 Å². The lowest BCUT2D eigenvalue weighted by molar-refractivity contribution is -0.206. The van der Waals surface area contributed by atoms with Crippen LogP contribution in [-0.2, 0) is 11.8 Å². The molecular weight excluding hydrogens is 318 g/mol. The lowest BCUT2D eigenvalue weighted by atomic mass is 9.48. The minimum absolute atomic E-state index is 0.0321. The highest BCUT2D eigenvalue weighted by Crippen LogP contribution is 2.65. The fourth-order valence-corrected chi connectivity index (χ4v) is 6.14. The van der Waals surface area contributed by atoms with Gasteiger partial charge in [0.15, 0.2) is 11.5 Å². The van der Waals surface area contributed by atoms with Crippen molar-refractivity contribution in [1.82, 2.24) is 4.90 Å². The maximum Gasteiger partial charge on any atom is 0.166 e. The molecule has 2 heterocycles. The number of likely N-dealkylation sites (tertiary alicyclic amines) is 1. The van der Waals surface area contributed by atoms with E-state index >= 15 is 0 Å². The smallest absolute Gasteiger partial charge is 0.166 e. The Kier molecular flexibility index (Phi) is 3.13. The summed E-state index contributed by atoms with van der Waals surface area (Å²) >= 11 is 0. The molecule has 0 unspecified atom stereocenters. The number of rotatable bonds is 3. The zero-order chi connectivity index (χ0) is 17.4. The first-order chi connectivity index (χ1) is 12.1. The summed E-state index contributed by atoms with van der Waals surface area (Å²) in [5.74, 6) is 1.43. The highest BCUT2D eigenvalue weighted by Gasteiger charge is 2.72. The lowest BCUT2D eigenvalue weighted by Crippen LogP contribution is -2.77. The summed E-state index contributed by atoms with van der Waals surface area (Å²) in [7, 11) is 1.64. The van der Waals surface area contributed by atoms with E-state index in [9.17, 15) is 10.2 Å². The van der Waals surface area contributed by atoms with Gasteiger partial charge in [-0.25, -0.2) is 0 Å². The highest BCUT2D eigenvalue weighted by molar-refractivity contribution is 5.62. The maximum atomic E-state index is 12.0. The van der Waals surface area contributed by atoms with E-state index in [0.717, 1.165) is 37.2 Å². The molecule has 5 rings (SSSR count). The fourth-order valence-electron chi connectivity index (χ4n) is 6.14. The van der Waals surface area contributed by atoms with Gasteiger partial charge in [-0.1, -0.05) is 12.1 Å². The van der Waals surface area contributed by atoms with Crippen LogP contribution in [0.1, 0.15) is 30.4 Å². The number of methoxy groups -OCH3 is 1. The monoisotopic (exact) mass is 343 g/mol. The average molecular weight is 343 g/mol. The third-order valence-corrected chi connectivity index (χ3v) is 7.11. The van der Waals surface area contributed by atoms with E-state index in [1.807, 2.05) is 12.1 Å². The lowest BCUT2D eigenvalue weighted by Gasteiger charge is -2.63. The van der Waals surface area contributed by atoms with E-state index in [1.54, 1.807) is 7.11 Å². The Hall–Kier alpha value is -1.56. The molecular formula is C20H25NO4.